The Hall–Kier alpha value is -2.76. The molecule has 1 saturated heterocycles. The van der Waals surface area contributed by atoms with Crippen molar-refractivity contribution in [1.29, 1.82) is 0 Å². The predicted octanol–water partition coefficient (Wildman–Crippen LogP) is 2.50. The molecule has 0 amide bonds. The van der Waals surface area contributed by atoms with E-state index in [9.17, 15) is 0 Å². The van der Waals surface area contributed by atoms with Crippen LogP contribution < -0.4 is 4.90 Å². The van der Waals surface area contributed by atoms with Crippen LogP contribution in [0.15, 0.2) is 55.4 Å². The summed E-state index contributed by atoms with van der Waals surface area (Å²) >= 11 is 0. The van der Waals surface area contributed by atoms with E-state index < -0.39 is 0 Å². The van der Waals surface area contributed by atoms with Crippen molar-refractivity contribution >= 4 is 5.95 Å². The van der Waals surface area contributed by atoms with Gasteiger partial charge in [0.15, 0.2) is 0 Å². The third kappa shape index (κ3) is 3.13. The van der Waals surface area contributed by atoms with Gasteiger partial charge in [0.1, 0.15) is 5.82 Å². The van der Waals surface area contributed by atoms with Crippen molar-refractivity contribution < 1.29 is 0 Å². The first-order valence-corrected chi connectivity index (χ1v) is 8.32. The molecule has 24 heavy (non-hydrogen) atoms. The molecule has 0 atom stereocenters. The van der Waals surface area contributed by atoms with E-state index in [4.69, 9.17) is 0 Å². The van der Waals surface area contributed by atoms with Gasteiger partial charge in [-0.1, -0.05) is 6.07 Å². The third-order valence-electron chi connectivity index (χ3n) is 4.52. The topological polar surface area (TPSA) is 59.7 Å². The highest BCUT2D eigenvalue weighted by Crippen LogP contribution is 2.28. The van der Waals surface area contributed by atoms with Crippen LogP contribution in [0, 0.1) is 0 Å². The molecule has 6 heteroatoms. The van der Waals surface area contributed by atoms with Crippen LogP contribution in [0.25, 0.3) is 0 Å². The van der Waals surface area contributed by atoms with Crippen molar-refractivity contribution in [3.05, 3.63) is 66.8 Å². The minimum Gasteiger partial charge on any atom is -0.341 e. The van der Waals surface area contributed by atoms with Gasteiger partial charge >= 0.3 is 0 Å². The van der Waals surface area contributed by atoms with Gasteiger partial charge in [-0.15, -0.1) is 0 Å². The quantitative estimate of drug-likeness (QED) is 0.739. The minimum atomic E-state index is 0.483. The van der Waals surface area contributed by atoms with Crippen LogP contribution in [0.5, 0.6) is 0 Å². The summed E-state index contributed by atoms with van der Waals surface area (Å²) < 4.78 is 2.25. The van der Waals surface area contributed by atoms with Crippen molar-refractivity contribution in [3.8, 4) is 0 Å². The zero-order valence-electron chi connectivity index (χ0n) is 13.5. The molecular weight excluding hydrogens is 300 g/mol. The Labute approximate surface area is 141 Å². The first-order valence-electron chi connectivity index (χ1n) is 8.32. The second-order valence-corrected chi connectivity index (χ2v) is 6.08. The number of hydrogen-bond donors (Lipinski definition) is 0. The number of pyridine rings is 1. The molecule has 0 aromatic carbocycles. The smallest absolute Gasteiger partial charge is 0.225 e. The molecule has 6 nitrogen and oxygen atoms in total. The molecule has 1 aliphatic heterocycles. The zero-order chi connectivity index (χ0) is 16.2. The Bertz CT molecular complexity index is 762. The molecule has 0 aliphatic carbocycles. The maximum Gasteiger partial charge on any atom is 0.225 e. The van der Waals surface area contributed by atoms with Gasteiger partial charge in [0, 0.05) is 56.2 Å². The second-order valence-electron chi connectivity index (χ2n) is 6.08. The average molecular weight is 320 g/mol. The molecular formula is C18H20N6. The van der Waals surface area contributed by atoms with Gasteiger partial charge in [-0.05, 0) is 30.5 Å². The van der Waals surface area contributed by atoms with E-state index in [1.54, 1.807) is 18.6 Å². The Morgan fingerprint density at radius 1 is 0.958 bits per heavy atom. The number of anilines is 1. The molecule has 0 N–H and O–H groups in total. The summed E-state index contributed by atoms with van der Waals surface area (Å²) in [5.74, 6) is 2.48. The monoisotopic (exact) mass is 320 g/mol. The van der Waals surface area contributed by atoms with Gasteiger partial charge in [-0.3, -0.25) is 4.98 Å². The zero-order valence-corrected chi connectivity index (χ0v) is 13.5. The van der Waals surface area contributed by atoms with E-state index >= 15 is 0 Å². The number of piperidine rings is 1. The molecule has 0 spiro atoms. The summed E-state index contributed by atoms with van der Waals surface area (Å²) in [4.78, 5) is 19.8. The highest BCUT2D eigenvalue weighted by molar-refractivity contribution is 5.29. The normalized spacial score (nSPS) is 15.6. The Kier molecular flexibility index (Phi) is 4.18. The summed E-state index contributed by atoms with van der Waals surface area (Å²) in [7, 11) is 0. The fourth-order valence-electron chi connectivity index (χ4n) is 3.29. The number of imidazole rings is 1. The summed E-state index contributed by atoms with van der Waals surface area (Å²) in [6.45, 7) is 2.76. The summed E-state index contributed by atoms with van der Waals surface area (Å²) in [5, 5.41) is 0. The van der Waals surface area contributed by atoms with Crippen molar-refractivity contribution in [2.75, 3.05) is 18.0 Å². The molecule has 0 unspecified atom stereocenters. The number of nitrogens with zero attached hydrogens (tertiary/aromatic N) is 6. The largest absolute Gasteiger partial charge is 0.341 e. The van der Waals surface area contributed by atoms with Crippen molar-refractivity contribution in [2.45, 2.75) is 25.3 Å². The van der Waals surface area contributed by atoms with Gasteiger partial charge in [0.2, 0.25) is 5.95 Å². The number of rotatable bonds is 4. The molecule has 4 rings (SSSR count). The van der Waals surface area contributed by atoms with Crippen LogP contribution in [0.2, 0.25) is 0 Å². The van der Waals surface area contributed by atoms with Crippen molar-refractivity contribution in [3.63, 3.8) is 0 Å². The van der Waals surface area contributed by atoms with Crippen LogP contribution in [0.4, 0.5) is 5.95 Å². The number of aromatic nitrogens is 5. The van der Waals surface area contributed by atoms with Crippen molar-refractivity contribution in [1.82, 2.24) is 24.5 Å². The van der Waals surface area contributed by atoms with Gasteiger partial charge in [-0.25, -0.2) is 15.0 Å². The molecule has 3 aromatic heterocycles. The molecule has 1 fully saturated rings. The Morgan fingerprint density at radius 2 is 1.79 bits per heavy atom. The van der Waals surface area contributed by atoms with E-state index in [2.05, 4.69) is 41.7 Å². The van der Waals surface area contributed by atoms with E-state index in [1.807, 2.05) is 24.5 Å². The minimum absolute atomic E-state index is 0.483. The summed E-state index contributed by atoms with van der Waals surface area (Å²) in [6.07, 6.45) is 13.4. The van der Waals surface area contributed by atoms with E-state index in [0.29, 0.717) is 5.92 Å². The van der Waals surface area contributed by atoms with E-state index in [-0.39, 0.29) is 0 Å². The molecule has 4 heterocycles. The molecule has 0 bridgehead atoms. The highest BCUT2D eigenvalue weighted by atomic mass is 15.2. The molecule has 0 radical (unpaired) electrons. The fourth-order valence-corrected chi connectivity index (χ4v) is 3.29. The van der Waals surface area contributed by atoms with Crippen LogP contribution in [0.3, 0.4) is 0 Å². The standard InChI is InChI=1S/C18H20N6/c1-3-15(13-19-6-1)14-24-12-9-20-17(24)16-4-10-23(11-5-16)18-21-7-2-8-22-18/h1-3,6-9,12-13,16H,4-5,10-11,14H2. The fraction of sp³-hybridized carbons (Fsp3) is 0.333. The maximum atomic E-state index is 4.63. The second kappa shape index (κ2) is 6.78. The third-order valence-corrected chi connectivity index (χ3v) is 4.52. The lowest BCUT2D eigenvalue weighted by molar-refractivity contribution is 0.466. The lowest BCUT2D eigenvalue weighted by atomic mass is 9.96. The first kappa shape index (κ1) is 14.8. The maximum absolute atomic E-state index is 4.63. The molecule has 0 saturated carbocycles. The highest BCUT2D eigenvalue weighted by Gasteiger charge is 2.25. The Balaban J connectivity index is 1.44. The summed E-state index contributed by atoms with van der Waals surface area (Å²) in [6, 6.07) is 5.93. The van der Waals surface area contributed by atoms with E-state index in [1.165, 1.54) is 11.4 Å². The molecule has 3 aromatic rings. The molecule has 122 valence electrons. The van der Waals surface area contributed by atoms with Gasteiger partial charge in [0.05, 0.1) is 6.54 Å². The predicted molar refractivity (Wildman–Crippen MR) is 91.8 cm³/mol. The van der Waals surface area contributed by atoms with Gasteiger partial charge in [-0.2, -0.15) is 0 Å². The number of hydrogen-bond acceptors (Lipinski definition) is 5. The average Bonchev–Trinajstić information content (AvgIpc) is 3.11. The van der Waals surface area contributed by atoms with Gasteiger partial charge < -0.3 is 9.47 Å². The van der Waals surface area contributed by atoms with Crippen LogP contribution in [0.1, 0.15) is 30.1 Å². The van der Waals surface area contributed by atoms with Crippen molar-refractivity contribution in [2.24, 2.45) is 0 Å². The van der Waals surface area contributed by atoms with E-state index in [0.717, 1.165) is 38.4 Å². The van der Waals surface area contributed by atoms with Crippen LogP contribution in [-0.4, -0.2) is 37.6 Å². The SMILES string of the molecule is c1cnc(N2CCC(c3nccn3Cc3cccnc3)CC2)nc1. The van der Waals surface area contributed by atoms with Gasteiger partial charge in [0.25, 0.3) is 0 Å². The summed E-state index contributed by atoms with van der Waals surface area (Å²) in [5.41, 5.74) is 1.20. The first-order chi connectivity index (χ1) is 11.9. The Morgan fingerprint density at radius 3 is 2.54 bits per heavy atom. The lowest BCUT2D eigenvalue weighted by Gasteiger charge is -2.31. The van der Waals surface area contributed by atoms with Crippen LogP contribution in [-0.2, 0) is 6.54 Å². The van der Waals surface area contributed by atoms with Crippen LogP contribution >= 0.6 is 0 Å². The molecule has 1 aliphatic rings. The lowest BCUT2D eigenvalue weighted by Crippen LogP contribution is -2.34.